The summed E-state index contributed by atoms with van der Waals surface area (Å²) in [6, 6.07) is 12.2. The fourth-order valence-electron chi connectivity index (χ4n) is 2.28. The van der Waals surface area contributed by atoms with Crippen LogP contribution in [0.2, 0.25) is 0 Å². The molecular formula is C18H16N4O4S2. The van der Waals surface area contributed by atoms with Crippen LogP contribution >= 0.6 is 11.3 Å². The molecule has 2 aromatic carbocycles. The predicted octanol–water partition coefficient (Wildman–Crippen LogP) is 3.15. The Labute approximate surface area is 165 Å². The summed E-state index contributed by atoms with van der Waals surface area (Å²) in [5.41, 5.74) is 1.44. The lowest BCUT2D eigenvalue weighted by Crippen LogP contribution is -2.14. The summed E-state index contributed by atoms with van der Waals surface area (Å²) in [6.07, 6.45) is 1.50. The molecule has 1 aromatic heterocycles. The zero-order valence-corrected chi connectivity index (χ0v) is 16.3. The third kappa shape index (κ3) is 4.93. The SMILES string of the molecule is CC(=O)Nc1ccc(C(=O)Nc2ccc(S(=O)(=O)Nc3nccs3)cc2)cc1. The second-order valence-corrected chi connectivity index (χ2v) is 8.26. The first-order chi connectivity index (χ1) is 13.3. The van der Waals surface area contributed by atoms with Crippen molar-refractivity contribution < 1.29 is 18.0 Å². The standard InChI is InChI=1S/C18H16N4O4S2/c1-12(23)20-14-4-2-13(3-5-14)17(24)21-15-6-8-16(9-7-15)28(25,26)22-18-19-10-11-27-18/h2-11H,1H3,(H,19,22)(H,20,23)(H,21,24). The topological polar surface area (TPSA) is 117 Å². The van der Waals surface area contributed by atoms with Crippen LogP contribution in [0.5, 0.6) is 0 Å². The van der Waals surface area contributed by atoms with Gasteiger partial charge in [-0.25, -0.2) is 13.4 Å². The first kappa shape index (κ1) is 19.5. The third-order valence-electron chi connectivity index (χ3n) is 3.54. The highest BCUT2D eigenvalue weighted by Crippen LogP contribution is 2.20. The molecule has 10 heteroatoms. The fourth-order valence-corrected chi connectivity index (χ4v) is 4.07. The van der Waals surface area contributed by atoms with E-state index in [9.17, 15) is 18.0 Å². The highest BCUT2D eigenvalue weighted by molar-refractivity contribution is 7.93. The Morgan fingerprint density at radius 3 is 2.11 bits per heavy atom. The number of sulfonamides is 1. The zero-order chi connectivity index (χ0) is 20.1. The molecule has 0 radical (unpaired) electrons. The molecule has 2 amide bonds. The quantitative estimate of drug-likeness (QED) is 0.571. The van der Waals surface area contributed by atoms with E-state index in [4.69, 9.17) is 0 Å². The fraction of sp³-hybridized carbons (Fsp3) is 0.0556. The lowest BCUT2D eigenvalue weighted by molar-refractivity contribution is -0.114. The van der Waals surface area contributed by atoms with Crippen LogP contribution in [0.1, 0.15) is 17.3 Å². The lowest BCUT2D eigenvalue weighted by atomic mass is 10.2. The first-order valence-corrected chi connectivity index (χ1v) is 10.4. The van der Waals surface area contributed by atoms with Gasteiger partial charge in [-0.3, -0.25) is 14.3 Å². The second kappa shape index (κ2) is 8.19. The van der Waals surface area contributed by atoms with Gasteiger partial charge in [0.25, 0.3) is 15.9 Å². The summed E-state index contributed by atoms with van der Waals surface area (Å²) in [5, 5.41) is 7.25. The Morgan fingerprint density at radius 1 is 0.929 bits per heavy atom. The van der Waals surface area contributed by atoms with Crippen molar-refractivity contribution in [1.82, 2.24) is 4.98 Å². The number of benzene rings is 2. The summed E-state index contributed by atoms with van der Waals surface area (Å²) in [6.45, 7) is 1.40. The number of amides is 2. The van der Waals surface area contributed by atoms with Crippen LogP contribution in [0.4, 0.5) is 16.5 Å². The minimum atomic E-state index is -3.74. The van der Waals surface area contributed by atoms with E-state index in [1.807, 2.05) is 0 Å². The monoisotopic (exact) mass is 416 g/mol. The summed E-state index contributed by atoms with van der Waals surface area (Å²) >= 11 is 1.18. The average Bonchev–Trinajstić information content (AvgIpc) is 3.14. The number of carbonyl (C=O) groups excluding carboxylic acids is 2. The van der Waals surface area contributed by atoms with Gasteiger partial charge in [0.05, 0.1) is 4.90 Å². The van der Waals surface area contributed by atoms with Crippen LogP contribution in [0.3, 0.4) is 0 Å². The maximum Gasteiger partial charge on any atom is 0.263 e. The molecule has 144 valence electrons. The molecule has 3 rings (SSSR count). The molecule has 28 heavy (non-hydrogen) atoms. The van der Waals surface area contributed by atoms with Gasteiger partial charge in [-0.05, 0) is 48.5 Å². The van der Waals surface area contributed by atoms with Crippen LogP contribution in [0.25, 0.3) is 0 Å². The van der Waals surface area contributed by atoms with Gasteiger partial charge in [-0.1, -0.05) is 0 Å². The molecule has 0 aliphatic heterocycles. The predicted molar refractivity (Wildman–Crippen MR) is 108 cm³/mol. The highest BCUT2D eigenvalue weighted by atomic mass is 32.2. The first-order valence-electron chi connectivity index (χ1n) is 8.05. The van der Waals surface area contributed by atoms with Crippen molar-refractivity contribution in [2.24, 2.45) is 0 Å². The Kier molecular flexibility index (Phi) is 5.71. The zero-order valence-electron chi connectivity index (χ0n) is 14.7. The number of nitrogens with one attached hydrogen (secondary N) is 3. The van der Waals surface area contributed by atoms with Gasteiger partial charge < -0.3 is 10.6 Å². The smallest absolute Gasteiger partial charge is 0.263 e. The molecule has 0 fully saturated rings. The van der Waals surface area contributed by atoms with Crippen LogP contribution in [0.15, 0.2) is 65.0 Å². The minimum absolute atomic E-state index is 0.0559. The number of rotatable bonds is 6. The van der Waals surface area contributed by atoms with E-state index in [1.54, 1.807) is 29.6 Å². The van der Waals surface area contributed by atoms with E-state index in [0.717, 1.165) is 0 Å². The number of hydrogen-bond acceptors (Lipinski definition) is 6. The van der Waals surface area contributed by atoms with E-state index in [0.29, 0.717) is 16.9 Å². The second-order valence-electron chi connectivity index (χ2n) is 5.68. The van der Waals surface area contributed by atoms with Gasteiger partial charge in [0.2, 0.25) is 5.91 Å². The van der Waals surface area contributed by atoms with Crippen LogP contribution < -0.4 is 15.4 Å². The molecule has 3 aromatic rings. The maximum absolute atomic E-state index is 12.3. The van der Waals surface area contributed by atoms with E-state index in [-0.39, 0.29) is 21.8 Å². The van der Waals surface area contributed by atoms with Crippen LogP contribution in [0, 0.1) is 0 Å². The third-order valence-corrected chi connectivity index (χ3v) is 5.72. The van der Waals surface area contributed by atoms with E-state index < -0.39 is 10.0 Å². The minimum Gasteiger partial charge on any atom is -0.326 e. The van der Waals surface area contributed by atoms with Crippen molar-refractivity contribution in [1.29, 1.82) is 0 Å². The average molecular weight is 416 g/mol. The molecule has 0 unspecified atom stereocenters. The summed E-state index contributed by atoms with van der Waals surface area (Å²) in [7, 11) is -3.74. The van der Waals surface area contributed by atoms with E-state index in [2.05, 4.69) is 20.3 Å². The molecule has 3 N–H and O–H groups in total. The largest absolute Gasteiger partial charge is 0.326 e. The Balaban J connectivity index is 1.66. The summed E-state index contributed by atoms with van der Waals surface area (Å²) in [4.78, 5) is 27.3. The van der Waals surface area contributed by atoms with E-state index >= 15 is 0 Å². The molecule has 8 nitrogen and oxygen atoms in total. The normalized spacial score (nSPS) is 10.9. The van der Waals surface area contributed by atoms with E-state index in [1.165, 1.54) is 48.7 Å². The van der Waals surface area contributed by atoms with Crippen molar-refractivity contribution in [2.45, 2.75) is 11.8 Å². The number of carbonyl (C=O) groups is 2. The maximum atomic E-state index is 12.3. The molecule has 1 heterocycles. The van der Waals surface area contributed by atoms with Gasteiger partial charge in [0, 0.05) is 35.4 Å². The van der Waals surface area contributed by atoms with Gasteiger partial charge >= 0.3 is 0 Å². The Morgan fingerprint density at radius 2 is 1.54 bits per heavy atom. The molecule has 0 aliphatic rings. The molecule has 0 bridgehead atoms. The molecule has 0 aliphatic carbocycles. The molecule has 0 spiro atoms. The number of hydrogen-bond donors (Lipinski definition) is 3. The number of thiazole rings is 1. The summed E-state index contributed by atoms with van der Waals surface area (Å²) < 4.78 is 27.0. The Bertz CT molecular complexity index is 1080. The van der Waals surface area contributed by atoms with Crippen molar-refractivity contribution in [2.75, 3.05) is 15.4 Å². The molecule has 0 atom stereocenters. The van der Waals surface area contributed by atoms with Gasteiger partial charge in [0.15, 0.2) is 5.13 Å². The summed E-state index contributed by atoms with van der Waals surface area (Å²) in [5.74, 6) is -0.553. The lowest BCUT2D eigenvalue weighted by Gasteiger charge is -2.08. The van der Waals surface area contributed by atoms with Gasteiger partial charge in [-0.2, -0.15) is 0 Å². The van der Waals surface area contributed by atoms with Crippen molar-refractivity contribution in [3.8, 4) is 0 Å². The molecule has 0 saturated carbocycles. The number of aromatic nitrogens is 1. The highest BCUT2D eigenvalue weighted by Gasteiger charge is 2.15. The Hall–Kier alpha value is -3.24. The number of anilines is 3. The van der Waals surface area contributed by atoms with Gasteiger partial charge in [-0.15, -0.1) is 11.3 Å². The van der Waals surface area contributed by atoms with Crippen LogP contribution in [-0.4, -0.2) is 25.2 Å². The molecular weight excluding hydrogens is 400 g/mol. The van der Waals surface area contributed by atoms with Crippen molar-refractivity contribution in [3.05, 3.63) is 65.7 Å². The molecule has 0 saturated heterocycles. The van der Waals surface area contributed by atoms with Gasteiger partial charge in [0.1, 0.15) is 0 Å². The number of nitrogens with zero attached hydrogens (tertiary/aromatic N) is 1. The van der Waals surface area contributed by atoms with Crippen LogP contribution in [-0.2, 0) is 14.8 Å². The van der Waals surface area contributed by atoms with Crippen molar-refractivity contribution >= 4 is 49.7 Å². The van der Waals surface area contributed by atoms with Crippen molar-refractivity contribution in [3.63, 3.8) is 0 Å².